The molecule has 1 saturated heterocycles. The molecule has 0 amide bonds. The summed E-state index contributed by atoms with van der Waals surface area (Å²) >= 11 is 3.65. The van der Waals surface area contributed by atoms with E-state index >= 15 is 0 Å². The summed E-state index contributed by atoms with van der Waals surface area (Å²) in [6.45, 7) is 7.80. The quantitative estimate of drug-likeness (QED) is 0.923. The van der Waals surface area contributed by atoms with Crippen LogP contribution in [0.1, 0.15) is 26.7 Å². The summed E-state index contributed by atoms with van der Waals surface area (Å²) in [5.74, 6) is 0.684. The molecule has 1 unspecified atom stereocenters. The van der Waals surface area contributed by atoms with E-state index in [4.69, 9.17) is 5.73 Å². The topological polar surface area (TPSA) is 29.3 Å². The molecule has 1 heterocycles. The van der Waals surface area contributed by atoms with Crippen LogP contribution in [0.4, 0.5) is 5.69 Å². The van der Waals surface area contributed by atoms with Crippen LogP contribution in [0.25, 0.3) is 0 Å². The number of nitrogens with two attached hydrogens (primary N) is 1. The molecular formula is C15H23BrN2. The minimum Gasteiger partial charge on any atom is -0.370 e. The van der Waals surface area contributed by atoms with Crippen molar-refractivity contribution in [3.05, 3.63) is 28.7 Å². The van der Waals surface area contributed by atoms with Gasteiger partial charge in [0.05, 0.1) is 5.69 Å². The Labute approximate surface area is 119 Å². The molecule has 1 fully saturated rings. The third-order valence-electron chi connectivity index (χ3n) is 4.28. The van der Waals surface area contributed by atoms with E-state index in [-0.39, 0.29) is 0 Å². The smallest absolute Gasteiger partial charge is 0.0510 e. The summed E-state index contributed by atoms with van der Waals surface area (Å²) in [6.07, 6.45) is 2.35. The second-order valence-electron chi connectivity index (χ2n) is 5.91. The Bertz CT molecular complexity index is 403. The summed E-state index contributed by atoms with van der Waals surface area (Å²) in [7, 11) is 0. The lowest BCUT2D eigenvalue weighted by Gasteiger charge is -2.45. The summed E-state index contributed by atoms with van der Waals surface area (Å²) in [6, 6.07) is 8.49. The molecule has 1 aromatic rings. The fraction of sp³-hybridized carbons (Fsp3) is 0.600. The molecule has 1 atom stereocenters. The SMILES string of the molecule is CC1(C)CCN(c2ccccc2Br)CC1CCN. The monoisotopic (exact) mass is 310 g/mol. The van der Waals surface area contributed by atoms with Gasteiger partial charge in [0.2, 0.25) is 0 Å². The van der Waals surface area contributed by atoms with Crippen LogP contribution in [0.2, 0.25) is 0 Å². The standard InChI is InChI=1S/C15H23BrN2/c1-15(2)8-10-18(11-12(15)7-9-17)14-6-4-3-5-13(14)16/h3-6,12H,7-11,17H2,1-2H3. The van der Waals surface area contributed by atoms with Gasteiger partial charge >= 0.3 is 0 Å². The number of hydrogen-bond acceptors (Lipinski definition) is 2. The van der Waals surface area contributed by atoms with Gasteiger partial charge < -0.3 is 10.6 Å². The van der Waals surface area contributed by atoms with E-state index in [2.05, 4.69) is 58.9 Å². The van der Waals surface area contributed by atoms with Gasteiger partial charge in [0, 0.05) is 17.6 Å². The van der Waals surface area contributed by atoms with Crippen LogP contribution < -0.4 is 10.6 Å². The Hall–Kier alpha value is -0.540. The molecule has 0 aromatic heterocycles. The predicted octanol–water partition coefficient (Wildman–Crippen LogP) is 3.65. The molecule has 0 bridgehead atoms. The van der Waals surface area contributed by atoms with E-state index in [9.17, 15) is 0 Å². The highest BCUT2D eigenvalue weighted by Gasteiger charge is 2.35. The molecule has 0 aliphatic carbocycles. The van der Waals surface area contributed by atoms with E-state index in [1.54, 1.807) is 0 Å². The molecule has 1 aromatic carbocycles. The fourth-order valence-electron chi connectivity index (χ4n) is 2.84. The number of benzene rings is 1. The fourth-order valence-corrected chi connectivity index (χ4v) is 3.38. The lowest BCUT2D eigenvalue weighted by molar-refractivity contribution is 0.163. The van der Waals surface area contributed by atoms with Crippen LogP contribution in [0.3, 0.4) is 0 Å². The number of hydrogen-bond donors (Lipinski definition) is 1. The van der Waals surface area contributed by atoms with E-state index in [0.717, 1.165) is 26.1 Å². The van der Waals surface area contributed by atoms with Crippen molar-refractivity contribution in [1.29, 1.82) is 0 Å². The largest absolute Gasteiger partial charge is 0.370 e. The second-order valence-corrected chi connectivity index (χ2v) is 6.76. The van der Waals surface area contributed by atoms with Gasteiger partial charge in [-0.1, -0.05) is 26.0 Å². The van der Waals surface area contributed by atoms with Crippen molar-refractivity contribution in [3.8, 4) is 0 Å². The Kier molecular flexibility index (Phi) is 4.33. The first-order valence-electron chi connectivity index (χ1n) is 6.74. The minimum atomic E-state index is 0.414. The first kappa shape index (κ1) is 13.9. The lowest BCUT2D eigenvalue weighted by Crippen LogP contribution is -2.45. The molecule has 100 valence electrons. The van der Waals surface area contributed by atoms with Crippen LogP contribution in [0, 0.1) is 11.3 Å². The van der Waals surface area contributed by atoms with Gasteiger partial charge in [-0.15, -0.1) is 0 Å². The first-order valence-corrected chi connectivity index (χ1v) is 7.53. The van der Waals surface area contributed by atoms with Crippen molar-refractivity contribution >= 4 is 21.6 Å². The number of nitrogens with zero attached hydrogens (tertiary/aromatic N) is 1. The van der Waals surface area contributed by atoms with Crippen molar-refractivity contribution < 1.29 is 0 Å². The number of rotatable bonds is 3. The number of halogens is 1. The molecule has 18 heavy (non-hydrogen) atoms. The van der Waals surface area contributed by atoms with E-state index < -0.39 is 0 Å². The molecule has 1 aliphatic rings. The third-order valence-corrected chi connectivity index (χ3v) is 4.95. The maximum Gasteiger partial charge on any atom is 0.0510 e. The van der Waals surface area contributed by atoms with E-state index in [0.29, 0.717) is 11.3 Å². The highest BCUT2D eigenvalue weighted by atomic mass is 79.9. The maximum atomic E-state index is 5.77. The Morgan fingerprint density at radius 2 is 2.11 bits per heavy atom. The highest BCUT2D eigenvalue weighted by Crippen LogP contribution is 2.40. The van der Waals surface area contributed by atoms with Crippen LogP contribution in [-0.4, -0.2) is 19.6 Å². The highest BCUT2D eigenvalue weighted by molar-refractivity contribution is 9.10. The Morgan fingerprint density at radius 3 is 2.78 bits per heavy atom. The molecule has 0 saturated carbocycles. The molecule has 1 aliphatic heterocycles. The number of anilines is 1. The molecule has 0 spiro atoms. The molecular weight excluding hydrogens is 288 g/mol. The van der Waals surface area contributed by atoms with E-state index in [1.165, 1.54) is 16.6 Å². The van der Waals surface area contributed by atoms with Crippen molar-refractivity contribution in [1.82, 2.24) is 0 Å². The Morgan fingerprint density at radius 1 is 1.39 bits per heavy atom. The van der Waals surface area contributed by atoms with Gasteiger partial charge in [0.1, 0.15) is 0 Å². The zero-order valence-corrected chi connectivity index (χ0v) is 12.9. The minimum absolute atomic E-state index is 0.414. The number of piperidine rings is 1. The first-order chi connectivity index (χ1) is 8.54. The Balaban J connectivity index is 2.16. The van der Waals surface area contributed by atoms with Crippen molar-refractivity contribution in [2.24, 2.45) is 17.1 Å². The molecule has 3 heteroatoms. The average Bonchev–Trinajstić information content (AvgIpc) is 2.33. The zero-order chi connectivity index (χ0) is 13.2. The van der Waals surface area contributed by atoms with Crippen molar-refractivity contribution in [2.45, 2.75) is 26.7 Å². The summed E-state index contributed by atoms with van der Waals surface area (Å²) in [4.78, 5) is 2.50. The molecule has 2 N–H and O–H groups in total. The zero-order valence-electron chi connectivity index (χ0n) is 11.3. The van der Waals surface area contributed by atoms with Gasteiger partial charge in [-0.3, -0.25) is 0 Å². The second kappa shape index (κ2) is 5.62. The van der Waals surface area contributed by atoms with Gasteiger partial charge in [-0.05, 0) is 58.8 Å². The molecule has 2 nitrogen and oxygen atoms in total. The van der Waals surface area contributed by atoms with Gasteiger partial charge in [-0.2, -0.15) is 0 Å². The number of para-hydroxylation sites is 1. The normalized spacial score (nSPS) is 23.1. The molecule has 0 radical (unpaired) electrons. The average molecular weight is 311 g/mol. The van der Waals surface area contributed by atoms with Gasteiger partial charge in [-0.25, -0.2) is 0 Å². The van der Waals surface area contributed by atoms with Crippen LogP contribution in [-0.2, 0) is 0 Å². The van der Waals surface area contributed by atoms with Gasteiger partial charge in [0.15, 0.2) is 0 Å². The van der Waals surface area contributed by atoms with E-state index in [1.807, 2.05) is 0 Å². The van der Waals surface area contributed by atoms with Crippen molar-refractivity contribution in [2.75, 3.05) is 24.5 Å². The van der Waals surface area contributed by atoms with Gasteiger partial charge in [0.25, 0.3) is 0 Å². The van der Waals surface area contributed by atoms with Crippen LogP contribution in [0.15, 0.2) is 28.7 Å². The van der Waals surface area contributed by atoms with Crippen LogP contribution in [0.5, 0.6) is 0 Å². The third kappa shape index (κ3) is 2.89. The lowest BCUT2D eigenvalue weighted by atomic mass is 9.72. The molecule has 2 rings (SSSR count). The maximum absolute atomic E-state index is 5.77. The summed E-state index contributed by atoms with van der Waals surface area (Å²) < 4.78 is 1.19. The van der Waals surface area contributed by atoms with Crippen molar-refractivity contribution in [3.63, 3.8) is 0 Å². The summed E-state index contributed by atoms with van der Waals surface area (Å²) in [5, 5.41) is 0. The van der Waals surface area contributed by atoms with Crippen LogP contribution >= 0.6 is 15.9 Å². The predicted molar refractivity (Wildman–Crippen MR) is 81.9 cm³/mol. The summed E-state index contributed by atoms with van der Waals surface area (Å²) in [5.41, 5.74) is 7.50.